The summed E-state index contributed by atoms with van der Waals surface area (Å²) in [5.74, 6) is 0. The largest absolute Gasteiger partial charge is 0.464 e. The molecule has 4 nitrogen and oxygen atoms in total. The van der Waals surface area contributed by atoms with Crippen LogP contribution >= 0.6 is 11.3 Å². The molecule has 0 bridgehead atoms. The molecule has 3 aromatic rings. The number of thiophene rings is 1. The molecule has 0 fully saturated rings. The van der Waals surface area contributed by atoms with Crippen molar-refractivity contribution >= 4 is 28.3 Å². The van der Waals surface area contributed by atoms with Gasteiger partial charge in [-0.2, -0.15) is 5.26 Å². The van der Waals surface area contributed by atoms with Crippen molar-refractivity contribution in [3.05, 3.63) is 46.8 Å². The summed E-state index contributed by atoms with van der Waals surface area (Å²) in [6.07, 6.45) is 0.534. The Bertz CT molecular complexity index is 823. The normalized spacial score (nSPS) is 10.5. The van der Waals surface area contributed by atoms with Gasteiger partial charge >= 0.3 is 6.09 Å². The van der Waals surface area contributed by atoms with Gasteiger partial charge in [-0.3, -0.25) is 4.57 Å². The van der Waals surface area contributed by atoms with Crippen molar-refractivity contribution in [3.8, 4) is 17.2 Å². The number of nitriles is 1. The highest BCUT2D eigenvalue weighted by Crippen LogP contribution is 2.34. The first-order chi connectivity index (χ1) is 9.22. The van der Waals surface area contributed by atoms with Crippen molar-refractivity contribution < 1.29 is 9.90 Å². The van der Waals surface area contributed by atoms with Gasteiger partial charge in [0.25, 0.3) is 0 Å². The molecular formula is C14H8N2O2S. The zero-order chi connectivity index (χ0) is 13.4. The predicted molar refractivity (Wildman–Crippen MR) is 73.4 cm³/mol. The van der Waals surface area contributed by atoms with E-state index in [1.54, 1.807) is 18.3 Å². The Kier molecular flexibility index (Phi) is 2.58. The van der Waals surface area contributed by atoms with Gasteiger partial charge in [0.1, 0.15) is 10.9 Å². The summed E-state index contributed by atoms with van der Waals surface area (Å²) in [6, 6.07) is 11.3. The third-order valence-electron chi connectivity index (χ3n) is 2.97. The second-order valence-corrected chi connectivity index (χ2v) is 4.90. The molecular weight excluding hydrogens is 260 g/mol. The molecule has 5 heteroatoms. The smallest absolute Gasteiger partial charge is 0.416 e. The maximum Gasteiger partial charge on any atom is 0.416 e. The topological polar surface area (TPSA) is 66.0 Å². The van der Waals surface area contributed by atoms with E-state index in [0.29, 0.717) is 10.4 Å². The SMILES string of the molecule is N#Cc1sccc1-c1cn(C(=O)O)c2ccccc12. The van der Waals surface area contributed by atoms with Crippen LogP contribution in [0.15, 0.2) is 41.9 Å². The summed E-state index contributed by atoms with van der Waals surface area (Å²) in [7, 11) is 0. The molecule has 1 N–H and O–H groups in total. The zero-order valence-electron chi connectivity index (χ0n) is 9.70. The maximum absolute atomic E-state index is 11.3. The lowest BCUT2D eigenvalue weighted by Gasteiger charge is -1.96. The van der Waals surface area contributed by atoms with E-state index in [-0.39, 0.29) is 0 Å². The van der Waals surface area contributed by atoms with Crippen molar-refractivity contribution in [1.82, 2.24) is 4.57 Å². The molecule has 0 spiro atoms. The second kappa shape index (κ2) is 4.26. The lowest BCUT2D eigenvalue weighted by molar-refractivity contribution is 0.197. The molecule has 0 aliphatic rings. The van der Waals surface area contributed by atoms with Crippen molar-refractivity contribution in [3.63, 3.8) is 0 Å². The summed E-state index contributed by atoms with van der Waals surface area (Å²) in [6.45, 7) is 0. The fraction of sp³-hybridized carbons (Fsp3) is 0. The van der Waals surface area contributed by atoms with E-state index >= 15 is 0 Å². The molecule has 19 heavy (non-hydrogen) atoms. The van der Waals surface area contributed by atoms with E-state index in [2.05, 4.69) is 6.07 Å². The zero-order valence-corrected chi connectivity index (χ0v) is 10.5. The first-order valence-electron chi connectivity index (χ1n) is 5.53. The minimum Gasteiger partial charge on any atom is -0.464 e. The van der Waals surface area contributed by atoms with Gasteiger partial charge in [-0.05, 0) is 17.5 Å². The molecule has 0 aliphatic heterocycles. The molecule has 2 aromatic heterocycles. The molecule has 1 aromatic carbocycles. The third kappa shape index (κ3) is 1.70. The monoisotopic (exact) mass is 268 g/mol. The van der Waals surface area contributed by atoms with Crippen LogP contribution in [0.3, 0.4) is 0 Å². The van der Waals surface area contributed by atoms with Crippen molar-refractivity contribution in [1.29, 1.82) is 5.26 Å². The number of para-hydroxylation sites is 1. The summed E-state index contributed by atoms with van der Waals surface area (Å²) >= 11 is 1.35. The molecule has 3 rings (SSSR count). The molecule has 2 heterocycles. The molecule has 0 saturated heterocycles. The number of rotatable bonds is 1. The van der Waals surface area contributed by atoms with E-state index in [4.69, 9.17) is 5.26 Å². The van der Waals surface area contributed by atoms with Gasteiger partial charge in [-0.25, -0.2) is 4.79 Å². The van der Waals surface area contributed by atoms with Crippen LogP contribution in [-0.4, -0.2) is 15.8 Å². The van der Waals surface area contributed by atoms with Crippen LogP contribution in [0.1, 0.15) is 4.88 Å². The Morgan fingerprint density at radius 3 is 2.79 bits per heavy atom. The highest BCUT2D eigenvalue weighted by atomic mass is 32.1. The summed E-state index contributed by atoms with van der Waals surface area (Å²) in [5.41, 5.74) is 2.18. The minimum atomic E-state index is -1.03. The van der Waals surface area contributed by atoms with E-state index in [0.717, 1.165) is 16.5 Å². The summed E-state index contributed by atoms with van der Waals surface area (Å²) in [4.78, 5) is 11.8. The standard InChI is InChI=1S/C14H8N2O2S/c15-7-13-10(5-6-19-13)11-8-16(14(17)18)12-4-2-1-3-9(11)12/h1-6,8H,(H,17,18). The van der Waals surface area contributed by atoms with Gasteiger partial charge < -0.3 is 5.11 Å². The number of nitrogens with zero attached hydrogens (tertiary/aromatic N) is 2. The molecule has 0 aliphatic carbocycles. The Hall–Kier alpha value is -2.58. The molecule has 92 valence electrons. The van der Waals surface area contributed by atoms with Crippen LogP contribution in [0.25, 0.3) is 22.0 Å². The predicted octanol–water partition coefficient (Wildman–Crippen LogP) is 3.77. The number of hydrogen-bond donors (Lipinski definition) is 1. The van der Waals surface area contributed by atoms with E-state index in [1.807, 2.05) is 23.6 Å². The highest BCUT2D eigenvalue weighted by Gasteiger charge is 2.16. The Balaban J connectivity index is 2.37. The van der Waals surface area contributed by atoms with Crippen LogP contribution in [0.5, 0.6) is 0 Å². The fourth-order valence-corrected chi connectivity index (χ4v) is 2.86. The highest BCUT2D eigenvalue weighted by molar-refractivity contribution is 7.11. The van der Waals surface area contributed by atoms with Crippen molar-refractivity contribution in [2.45, 2.75) is 0 Å². The van der Waals surface area contributed by atoms with Gasteiger partial charge in [-0.15, -0.1) is 11.3 Å². The molecule has 0 atom stereocenters. The number of carboxylic acid groups (broad SMARTS) is 1. The van der Waals surface area contributed by atoms with E-state index in [1.165, 1.54) is 15.9 Å². The fourth-order valence-electron chi connectivity index (χ4n) is 2.16. The van der Waals surface area contributed by atoms with Crippen molar-refractivity contribution in [2.24, 2.45) is 0 Å². The van der Waals surface area contributed by atoms with Gasteiger partial charge in [0.05, 0.1) is 5.52 Å². The minimum absolute atomic E-state index is 0.591. The number of carbonyl (C=O) groups is 1. The first kappa shape index (κ1) is 11.5. The molecule has 0 radical (unpaired) electrons. The average Bonchev–Trinajstić information content (AvgIpc) is 3.02. The number of fused-ring (bicyclic) bond motifs is 1. The van der Waals surface area contributed by atoms with Gasteiger partial charge in [0.15, 0.2) is 0 Å². The lowest BCUT2D eigenvalue weighted by Crippen LogP contribution is -2.05. The Labute approximate surface area is 112 Å². The average molecular weight is 268 g/mol. The maximum atomic E-state index is 11.3. The molecule has 0 amide bonds. The van der Waals surface area contributed by atoms with Gasteiger partial charge in [0.2, 0.25) is 0 Å². The van der Waals surface area contributed by atoms with Crippen LogP contribution in [0.4, 0.5) is 4.79 Å². The van der Waals surface area contributed by atoms with E-state index < -0.39 is 6.09 Å². The second-order valence-electron chi connectivity index (χ2n) is 3.99. The summed E-state index contributed by atoms with van der Waals surface area (Å²) < 4.78 is 1.18. The quantitative estimate of drug-likeness (QED) is 0.730. The Morgan fingerprint density at radius 1 is 1.26 bits per heavy atom. The van der Waals surface area contributed by atoms with Crippen LogP contribution in [0, 0.1) is 11.3 Å². The third-order valence-corrected chi connectivity index (χ3v) is 3.79. The first-order valence-corrected chi connectivity index (χ1v) is 6.41. The van der Waals surface area contributed by atoms with Gasteiger partial charge in [-0.1, -0.05) is 18.2 Å². The molecule has 0 unspecified atom stereocenters. The molecule has 0 saturated carbocycles. The number of hydrogen-bond acceptors (Lipinski definition) is 3. The van der Waals surface area contributed by atoms with Crippen LogP contribution < -0.4 is 0 Å². The van der Waals surface area contributed by atoms with Crippen LogP contribution in [0.2, 0.25) is 0 Å². The van der Waals surface area contributed by atoms with Crippen molar-refractivity contribution in [2.75, 3.05) is 0 Å². The lowest BCUT2D eigenvalue weighted by atomic mass is 10.1. The van der Waals surface area contributed by atoms with Crippen LogP contribution in [-0.2, 0) is 0 Å². The Morgan fingerprint density at radius 2 is 2.05 bits per heavy atom. The number of benzene rings is 1. The number of aromatic nitrogens is 1. The summed E-state index contributed by atoms with van der Waals surface area (Å²) in [5, 5.41) is 21.0. The van der Waals surface area contributed by atoms with E-state index in [9.17, 15) is 9.90 Å². The van der Waals surface area contributed by atoms with Gasteiger partial charge in [0, 0.05) is 22.7 Å².